The average molecular weight is 361 g/mol. The summed E-state index contributed by atoms with van der Waals surface area (Å²) >= 11 is 5.90. The molecule has 0 aliphatic heterocycles. The molecular formula is C15H16ClF3N4O. The summed E-state index contributed by atoms with van der Waals surface area (Å²) in [4.78, 5) is 16.1. The molecule has 2 aromatic heterocycles. The van der Waals surface area contributed by atoms with E-state index in [1.54, 1.807) is 6.92 Å². The minimum atomic E-state index is -4.80. The monoisotopic (exact) mass is 360 g/mol. The SMILES string of the molecule is CC(C)C(C)NC(=O)c1cnn(-c2ncccc2Cl)c1C(F)(F)F. The van der Waals surface area contributed by atoms with Gasteiger partial charge in [0.15, 0.2) is 11.5 Å². The third-order valence-corrected chi connectivity index (χ3v) is 3.88. The van der Waals surface area contributed by atoms with Crippen LogP contribution in [0, 0.1) is 5.92 Å². The van der Waals surface area contributed by atoms with Gasteiger partial charge in [0.2, 0.25) is 0 Å². The summed E-state index contributed by atoms with van der Waals surface area (Å²) < 4.78 is 41.1. The normalized spacial score (nSPS) is 13.2. The molecule has 1 N–H and O–H groups in total. The lowest BCUT2D eigenvalue weighted by molar-refractivity contribution is -0.143. The lowest BCUT2D eigenvalue weighted by Crippen LogP contribution is -2.37. The summed E-state index contributed by atoms with van der Waals surface area (Å²) in [5, 5.41) is 6.21. The maximum Gasteiger partial charge on any atom is 0.434 e. The number of aromatic nitrogens is 3. The van der Waals surface area contributed by atoms with E-state index in [0.717, 1.165) is 6.20 Å². The number of amides is 1. The maximum atomic E-state index is 13.5. The predicted octanol–water partition coefficient (Wildman–Crippen LogP) is 3.71. The number of halogens is 4. The third-order valence-electron chi connectivity index (χ3n) is 3.58. The van der Waals surface area contributed by atoms with Crippen LogP contribution >= 0.6 is 11.6 Å². The molecule has 9 heteroatoms. The van der Waals surface area contributed by atoms with Gasteiger partial charge in [-0.25, -0.2) is 9.67 Å². The zero-order valence-corrected chi connectivity index (χ0v) is 14.0. The maximum absolute atomic E-state index is 13.5. The molecule has 24 heavy (non-hydrogen) atoms. The van der Waals surface area contributed by atoms with Crippen LogP contribution in [-0.2, 0) is 6.18 Å². The first-order valence-corrected chi connectivity index (χ1v) is 7.57. The van der Waals surface area contributed by atoms with E-state index in [0.29, 0.717) is 4.68 Å². The quantitative estimate of drug-likeness (QED) is 0.904. The first-order chi connectivity index (χ1) is 11.1. The fraction of sp³-hybridized carbons (Fsp3) is 0.400. The standard InChI is InChI=1S/C15H16ClF3N4O/c1-8(2)9(3)22-14(24)10-7-21-23(12(10)15(17,18)19)13-11(16)5-4-6-20-13/h4-9H,1-3H3,(H,22,24). The summed E-state index contributed by atoms with van der Waals surface area (Å²) in [6.45, 7) is 5.43. The molecule has 1 atom stereocenters. The molecule has 0 aliphatic rings. The van der Waals surface area contributed by atoms with Crippen molar-refractivity contribution in [2.45, 2.75) is 33.0 Å². The second-order valence-corrected chi connectivity index (χ2v) is 6.04. The largest absolute Gasteiger partial charge is 0.434 e. The zero-order chi connectivity index (χ0) is 18.1. The fourth-order valence-electron chi connectivity index (χ4n) is 1.93. The van der Waals surface area contributed by atoms with Crippen LogP contribution in [0.15, 0.2) is 24.5 Å². The molecule has 1 amide bonds. The highest BCUT2D eigenvalue weighted by atomic mass is 35.5. The zero-order valence-electron chi connectivity index (χ0n) is 13.2. The molecule has 0 saturated carbocycles. The number of nitrogens with zero attached hydrogens (tertiary/aromatic N) is 3. The topological polar surface area (TPSA) is 59.8 Å². The van der Waals surface area contributed by atoms with Crippen molar-refractivity contribution in [2.24, 2.45) is 5.92 Å². The van der Waals surface area contributed by atoms with Crippen LogP contribution in [-0.4, -0.2) is 26.7 Å². The molecular weight excluding hydrogens is 345 g/mol. The summed E-state index contributed by atoms with van der Waals surface area (Å²) in [6.07, 6.45) is -2.63. The van der Waals surface area contributed by atoms with Gasteiger partial charge in [-0.15, -0.1) is 0 Å². The molecule has 5 nitrogen and oxygen atoms in total. The number of pyridine rings is 1. The number of hydrogen-bond donors (Lipinski definition) is 1. The van der Waals surface area contributed by atoms with Crippen molar-refractivity contribution in [3.63, 3.8) is 0 Å². The molecule has 0 fully saturated rings. The molecule has 1 unspecified atom stereocenters. The Morgan fingerprint density at radius 3 is 2.54 bits per heavy atom. The van der Waals surface area contributed by atoms with Gasteiger partial charge in [-0.2, -0.15) is 18.3 Å². The summed E-state index contributed by atoms with van der Waals surface area (Å²) in [5.74, 6) is -0.965. The Bertz CT molecular complexity index is 743. The molecule has 2 aromatic rings. The van der Waals surface area contributed by atoms with Gasteiger partial charge in [0, 0.05) is 12.2 Å². The smallest absolute Gasteiger partial charge is 0.349 e. The molecule has 0 spiro atoms. The molecule has 0 aromatic carbocycles. The van der Waals surface area contributed by atoms with Crippen molar-refractivity contribution in [2.75, 3.05) is 0 Å². The minimum absolute atomic E-state index is 0.00592. The molecule has 2 heterocycles. The number of nitrogens with one attached hydrogen (secondary N) is 1. The first-order valence-electron chi connectivity index (χ1n) is 7.20. The molecule has 130 valence electrons. The van der Waals surface area contributed by atoms with Gasteiger partial charge >= 0.3 is 6.18 Å². The van der Waals surface area contributed by atoms with E-state index < -0.39 is 23.3 Å². The fourth-order valence-corrected chi connectivity index (χ4v) is 2.13. The number of alkyl halides is 3. The van der Waals surface area contributed by atoms with Crippen LogP contribution in [0.4, 0.5) is 13.2 Å². The van der Waals surface area contributed by atoms with E-state index in [4.69, 9.17) is 11.6 Å². The Balaban J connectivity index is 2.52. The van der Waals surface area contributed by atoms with Crippen LogP contribution in [0.3, 0.4) is 0 Å². The van der Waals surface area contributed by atoms with Crippen LogP contribution in [0.1, 0.15) is 36.8 Å². The Hall–Kier alpha value is -2.09. The molecule has 0 bridgehead atoms. The molecule has 2 rings (SSSR count). The van der Waals surface area contributed by atoms with Crippen LogP contribution in [0.5, 0.6) is 0 Å². The highest BCUT2D eigenvalue weighted by Crippen LogP contribution is 2.34. The van der Waals surface area contributed by atoms with Crippen molar-refractivity contribution in [3.8, 4) is 5.82 Å². The molecule has 0 radical (unpaired) electrons. The van der Waals surface area contributed by atoms with Gasteiger partial charge in [-0.05, 0) is 25.0 Å². The summed E-state index contributed by atoms with van der Waals surface area (Å²) in [5.41, 5.74) is -1.78. The number of hydrogen-bond acceptors (Lipinski definition) is 3. The Morgan fingerprint density at radius 1 is 1.33 bits per heavy atom. The Labute approximate surface area is 141 Å². The van der Waals surface area contributed by atoms with Gasteiger partial charge in [0.05, 0.1) is 16.8 Å². The lowest BCUT2D eigenvalue weighted by atomic mass is 10.1. The second kappa shape index (κ2) is 6.80. The third kappa shape index (κ3) is 3.69. The van der Waals surface area contributed by atoms with E-state index in [1.165, 1.54) is 18.3 Å². The Morgan fingerprint density at radius 2 is 2.00 bits per heavy atom. The molecule has 0 aliphatic carbocycles. The van der Waals surface area contributed by atoms with Crippen molar-refractivity contribution in [1.82, 2.24) is 20.1 Å². The number of carbonyl (C=O) groups excluding carboxylic acids is 1. The lowest BCUT2D eigenvalue weighted by Gasteiger charge is -2.18. The molecule has 0 saturated heterocycles. The van der Waals surface area contributed by atoms with E-state index in [9.17, 15) is 18.0 Å². The highest BCUT2D eigenvalue weighted by Gasteiger charge is 2.41. The second-order valence-electron chi connectivity index (χ2n) is 5.63. The van der Waals surface area contributed by atoms with Crippen LogP contribution in [0.25, 0.3) is 5.82 Å². The van der Waals surface area contributed by atoms with Gasteiger partial charge in [0.25, 0.3) is 5.91 Å². The van der Waals surface area contributed by atoms with Crippen LogP contribution in [0.2, 0.25) is 5.02 Å². The van der Waals surface area contributed by atoms with E-state index >= 15 is 0 Å². The van der Waals surface area contributed by atoms with Gasteiger partial charge in [-0.3, -0.25) is 4.79 Å². The van der Waals surface area contributed by atoms with Gasteiger partial charge in [0.1, 0.15) is 0 Å². The van der Waals surface area contributed by atoms with Crippen molar-refractivity contribution in [1.29, 1.82) is 0 Å². The number of carbonyl (C=O) groups is 1. The predicted molar refractivity (Wildman–Crippen MR) is 83.1 cm³/mol. The van der Waals surface area contributed by atoms with Gasteiger partial charge < -0.3 is 5.32 Å². The minimum Gasteiger partial charge on any atom is -0.349 e. The van der Waals surface area contributed by atoms with Crippen LogP contribution < -0.4 is 5.32 Å². The van der Waals surface area contributed by atoms with E-state index in [1.807, 2.05) is 13.8 Å². The average Bonchev–Trinajstić information content (AvgIpc) is 2.92. The van der Waals surface area contributed by atoms with E-state index in [2.05, 4.69) is 15.4 Å². The van der Waals surface area contributed by atoms with Crippen molar-refractivity contribution < 1.29 is 18.0 Å². The summed E-state index contributed by atoms with van der Waals surface area (Å²) in [6, 6.07) is 2.59. The van der Waals surface area contributed by atoms with E-state index in [-0.39, 0.29) is 22.8 Å². The Kier molecular flexibility index (Phi) is 5.17. The highest BCUT2D eigenvalue weighted by molar-refractivity contribution is 6.32. The summed E-state index contributed by atoms with van der Waals surface area (Å²) in [7, 11) is 0. The van der Waals surface area contributed by atoms with Crippen molar-refractivity contribution in [3.05, 3.63) is 40.8 Å². The first kappa shape index (κ1) is 18.3. The number of rotatable bonds is 4. The van der Waals surface area contributed by atoms with Crippen molar-refractivity contribution >= 4 is 17.5 Å². The van der Waals surface area contributed by atoms with Gasteiger partial charge in [-0.1, -0.05) is 25.4 Å².